The predicted octanol–water partition coefficient (Wildman–Crippen LogP) is 5.83. The molecule has 0 radical (unpaired) electrons. The van der Waals surface area contributed by atoms with Crippen LogP contribution in [0.3, 0.4) is 0 Å². The monoisotopic (exact) mass is 403 g/mol. The molecule has 0 unspecified atom stereocenters. The molecule has 1 aliphatic rings. The van der Waals surface area contributed by atoms with Gasteiger partial charge in [0.2, 0.25) is 0 Å². The fourth-order valence-corrected chi connectivity index (χ4v) is 3.88. The highest BCUT2D eigenvalue weighted by Crippen LogP contribution is 2.47. The summed E-state index contributed by atoms with van der Waals surface area (Å²) >= 11 is 6.02. The largest absolute Gasteiger partial charge is 0.457 e. The Hall–Kier alpha value is -2.82. The molecular formula is C24H22ClN3O. The maximum atomic E-state index is 6.02. The molecule has 0 spiro atoms. The van der Waals surface area contributed by atoms with Crippen LogP contribution in [0, 0.1) is 0 Å². The topological polar surface area (TPSA) is 49.9 Å². The Morgan fingerprint density at radius 3 is 2.48 bits per heavy atom. The van der Waals surface area contributed by atoms with Gasteiger partial charge in [-0.25, -0.2) is 4.98 Å². The van der Waals surface area contributed by atoms with Gasteiger partial charge in [0.25, 0.3) is 0 Å². The Labute approximate surface area is 174 Å². The van der Waals surface area contributed by atoms with Crippen LogP contribution in [-0.2, 0) is 12.0 Å². The fraction of sp³-hybridized carbons (Fsp3) is 0.208. The molecule has 1 fully saturated rings. The van der Waals surface area contributed by atoms with E-state index in [2.05, 4.69) is 39.6 Å². The number of benzene rings is 3. The summed E-state index contributed by atoms with van der Waals surface area (Å²) in [6.45, 7) is 1.83. The van der Waals surface area contributed by atoms with Gasteiger partial charge in [-0.1, -0.05) is 35.9 Å². The SMILES string of the molecule is Clc1ccc(C2(CNCc3ccc(Oc4ccc5nc[nH]c5c4)cc3)CC2)cc1. The van der Waals surface area contributed by atoms with E-state index in [9.17, 15) is 0 Å². The molecule has 29 heavy (non-hydrogen) atoms. The van der Waals surface area contributed by atoms with Crippen molar-refractivity contribution in [3.05, 3.63) is 89.2 Å². The highest BCUT2D eigenvalue weighted by atomic mass is 35.5. The first kappa shape index (κ1) is 18.2. The van der Waals surface area contributed by atoms with E-state index in [1.807, 2.05) is 42.5 Å². The molecule has 4 aromatic rings. The zero-order valence-corrected chi connectivity index (χ0v) is 16.7. The van der Waals surface area contributed by atoms with Gasteiger partial charge < -0.3 is 15.0 Å². The number of rotatable bonds is 7. The molecule has 1 aromatic heterocycles. The minimum Gasteiger partial charge on any atom is -0.457 e. The van der Waals surface area contributed by atoms with Crippen LogP contribution in [0.5, 0.6) is 11.5 Å². The molecule has 1 aliphatic carbocycles. The summed E-state index contributed by atoms with van der Waals surface area (Å²) < 4.78 is 5.97. The van der Waals surface area contributed by atoms with Crippen LogP contribution < -0.4 is 10.1 Å². The van der Waals surface area contributed by atoms with Crippen molar-refractivity contribution in [2.75, 3.05) is 6.54 Å². The lowest BCUT2D eigenvalue weighted by Gasteiger charge is -2.17. The standard InChI is InChI=1S/C24H22ClN3O/c25-19-5-3-18(4-6-19)24(11-12-24)15-26-14-17-1-7-20(8-2-17)29-21-9-10-22-23(13-21)28-16-27-22/h1-10,13,16,26H,11-12,14-15H2,(H,27,28). The summed E-state index contributed by atoms with van der Waals surface area (Å²) in [6.07, 6.45) is 4.15. The third-order valence-electron chi connectivity index (χ3n) is 5.65. The molecule has 0 aliphatic heterocycles. The molecule has 5 rings (SSSR count). The molecule has 0 amide bonds. The number of H-pyrrole nitrogens is 1. The van der Waals surface area contributed by atoms with E-state index in [-0.39, 0.29) is 5.41 Å². The van der Waals surface area contributed by atoms with Gasteiger partial charge in [-0.15, -0.1) is 0 Å². The Morgan fingerprint density at radius 2 is 1.72 bits per heavy atom. The van der Waals surface area contributed by atoms with Crippen molar-refractivity contribution in [2.45, 2.75) is 24.8 Å². The lowest BCUT2D eigenvalue weighted by molar-refractivity contribution is 0.483. The van der Waals surface area contributed by atoms with Crippen LogP contribution in [0.15, 0.2) is 73.1 Å². The first-order chi connectivity index (χ1) is 14.2. The lowest BCUT2D eigenvalue weighted by Crippen LogP contribution is -2.26. The molecule has 1 saturated carbocycles. The van der Waals surface area contributed by atoms with E-state index in [0.717, 1.165) is 40.6 Å². The fourth-order valence-electron chi connectivity index (χ4n) is 3.76. The first-order valence-electron chi connectivity index (χ1n) is 9.87. The van der Waals surface area contributed by atoms with Crippen LogP contribution in [-0.4, -0.2) is 16.5 Å². The molecule has 146 valence electrons. The van der Waals surface area contributed by atoms with Crippen LogP contribution in [0.2, 0.25) is 5.02 Å². The second-order valence-electron chi connectivity index (χ2n) is 7.72. The summed E-state index contributed by atoms with van der Waals surface area (Å²) in [7, 11) is 0. The van der Waals surface area contributed by atoms with Crippen molar-refractivity contribution in [1.29, 1.82) is 0 Å². The number of fused-ring (bicyclic) bond motifs is 1. The van der Waals surface area contributed by atoms with Gasteiger partial charge in [0.1, 0.15) is 11.5 Å². The summed E-state index contributed by atoms with van der Waals surface area (Å²) in [5, 5.41) is 4.41. The van der Waals surface area contributed by atoms with E-state index in [1.54, 1.807) is 6.33 Å². The number of ether oxygens (including phenoxy) is 1. The Bertz CT molecular complexity index is 1120. The number of halogens is 1. The predicted molar refractivity (Wildman–Crippen MR) is 117 cm³/mol. The van der Waals surface area contributed by atoms with Crippen molar-refractivity contribution < 1.29 is 4.74 Å². The van der Waals surface area contributed by atoms with Gasteiger partial charge in [-0.05, 0) is 60.4 Å². The van der Waals surface area contributed by atoms with E-state index in [0.29, 0.717) is 0 Å². The normalized spacial score (nSPS) is 14.8. The highest BCUT2D eigenvalue weighted by molar-refractivity contribution is 6.30. The first-order valence-corrected chi connectivity index (χ1v) is 10.2. The van der Waals surface area contributed by atoms with Gasteiger partial charge >= 0.3 is 0 Å². The Morgan fingerprint density at radius 1 is 0.966 bits per heavy atom. The van der Waals surface area contributed by atoms with Crippen molar-refractivity contribution in [1.82, 2.24) is 15.3 Å². The Kier molecular flexibility index (Phi) is 4.74. The van der Waals surface area contributed by atoms with Crippen molar-refractivity contribution in [3.8, 4) is 11.5 Å². The number of nitrogens with zero attached hydrogens (tertiary/aromatic N) is 1. The summed E-state index contributed by atoms with van der Waals surface area (Å²) in [5.41, 5.74) is 4.81. The number of aromatic nitrogens is 2. The third-order valence-corrected chi connectivity index (χ3v) is 5.91. The quantitative estimate of drug-likeness (QED) is 0.408. The van der Waals surface area contributed by atoms with E-state index in [1.165, 1.54) is 24.0 Å². The Balaban J connectivity index is 1.17. The molecule has 0 bridgehead atoms. The van der Waals surface area contributed by atoms with E-state index < -0.39 is 0 Å². The smallest absolute Gasteiger partial charge is 0.129 e. The van der Waals surface area contributed by atoms with Crippen molar-refractivity contribution >= 4 is 22.6 Å². The number of hydrogen-bond donors (Lipinski definition) is 2. The van der Waals surface area contributed by atoms with Crippen molar-refractivity contribution in [2.24, 2.45) is 0 Å². The molecule has 4 nitrogen and oxygen atoms in total. The molecule has 0 atom stereocenters. The average molecular weight is 404 g/mol. The lowest BCUT2D eigenvalue weighted by atomic mass is 9.96. The molecule has 2 N–H and O–H groups in total. The van der Waals surface area contributed by atoms with Gasteiger partial charge in [0, 0.05) is 29.6 Å². The minimum atomic E-state index is 0.277. The molecule has 5 heteroatoms. The molecule has 3 aromatic carbocycles. The number of nitrogens with one attached hydrogen (secondary N) is 2. The zero-order chi connectivity index (χ0) is 19.7. The second-order valence-corrected chi connectivity index (χ2v) is 8.15. The van der Waals surface area contributed by atoms with Crippen LogP contribution in [0.4, 0.5) is 0 Å². The van der Waals surface area contributed by atoms with Gasteiger partial charge in [0.05, 0.1) is 17.4 Å². The van der Waals surface area contributed by atoms with Crippen LogP contribution in [0.1, 0.15) is 24.0 Å². The second kappa shape index (κ2) is 7.54. The zero-order valence-electron chi connectivity index (χ0n) is 16.0. The van der Waals surface area contributed by atoms with Gasteiger partial charge in [-0.2, -0.15) is 0 Å². The number of aromatic amines is 1. The van der Waals surface area contributed by atoms with E-state index >= 15 is 0 Å². The minimum absolute atomic E-state index is 0.277. The van der Waals surface area contributed by atoms with E-state index in [4.69, 9.17) is 16.3 Å². The summed E-state index contributed by atoms with van der Waals surface area (Å²) in [5.74, 6) is 1.62. The van der Waals surface area contributed by atoms with Crippen LogP contribution in [0.25, 0.3) is 11.0 Å². The maximum absolute atomic E-state index is 6.02. The third kappa shape index (κ3) is 4.00. The van der Waals surface area contributed by atoms with Crippen LogP contribution >= 0.6 is 11.6 Å². The molecule has 0 saturated heterocycles. The summed E-state index contributed by atoms with van der Waals surface area (Å²) in [4.78, 5) is 7.33. The maximum Gasteiger partial charge on any atom is 0.129 e. The van der Waals surface area contributed by atoms with Crippen molar-refractivity contribution in [3.63, 3.8) is 0 Å². The number of imidazole rings is 1. The number of hydrogen-bond acceptors (Lipinski definition) is 3. The van der Waals surface area contributed by atoms with Gasteiger partial charge in [-0.3, -0.25) is 0 Å². The molecular weight excluding hydrogens is 382 g/mol. The summed E-state index contributed by atoms with van der Waals surface area (Å²) in [6, 6.07) is 22.4. The molecule has 1 heterocycles. The van der Waals surface area contributed by atoms with Gasteiger partial charge in [0.15, 0.2) is 0 Å². The average Bonchev–Trinajstić information content (AvgIpc) is 3.38. The highest BCUT2D eigenvalue weighted by Gasteiger charge is 2.43.